The molecule has 1 aliphatic carbocycles. The van der Waals surface area contributed by atoms with E-state index in [-0.39, 0.29) is 0 Å². The average molecular weight is 261 g/mol. The fourth-order valence-corrected chi connectivity index (χ4v) is 2.78. The molecule has 3 nitrogen and oxygen atoms in total. The van der Waals surface area contributed by atoms with Crippen molar-refractivity contribution in [3.8, 4) is 0 Å². The predicted octanol–water partition coefficient (Wildman–Crippen LogP) is 3.92. The van der Waals surface area contributed by atoms with E-state index in [0.717, 1.165) is 30.5 Å². The average Bonchev–Trinajstić information content (AvgIpc) is 2.37. The van der Waals surface area contributed by atoms with Crippen molar-refractivity contribution in [1.82, 2.24) is 4.98 Å². The first-order chi connectivity index (χ1) is 9.22. The largest absolute Gasteiger partial charge is 0.381 e. The number of hydrogen-bond donors (Lipinski definition) is 1. The molecule has 0 radical (unpaired) electrons. The maximum atomic E-state index is 4.55. The van der Waals surface area contributed by atoms with E-state index in [0.29, 0.717) is 6.04 Å². The molecule has 0 amide bonds. The Hall–Kier alpha value is -1.25. The van der Waals surface area contributed by atoms with Crippen LogP contribution in [0, 0.1) is 5.92 Å². The minimum atomic E-state index is 0.548. The highest BCUT2D eigenvalue weighted by atomic mass is 15.2. The van der Waals surface area contributed by atoms with Crippen LogP contribution in [0.15, 0.2) is 18.3 Å². The Morgan fingerprint density at radius 2 is 2.05 bits per heavy atom. The second-order valence-corrected chi connectivity index (χ2v) is 5.66. The van der Waals surface area contributed by atoms with Crippen molar-refractivity contribution in [2.45, 2.75) is 52.5 Å². The number of nitrogens with one attached hydrogen (secondary N) is 1. The van der Waals surface area contributed by atoms with Crippen LogP contribution >= 0.6 is 0 Å². The molecule has 19 heavy (non-hydrogen) atoms. The molecule has 3 heteroatoms. The van der Waals surface area contributed by atoms with Gasteiger partial charge in [0.2, 0.25) is 0 Å². The van der Waals surface area contributed by atoms with Crippen molar-refractivity contribution in [3.05, 3.63) is 18.3 Å². The van der Waals surface area contributed by atoms with Gasteiger partial charge in [0.25, 0.3) is 0 Å². The second kappa shape index (κ2) is 6.78. The van der Waals surface area contributed by atoms with Gasteiger partial charge in [-0.15, -0.1) is 0 Å². The number of pyridine rings is 1. The van der Waals surface area contributed by atoms with E-state index in [2.05, 4.69) is 48.1 Å². The van der Waals surface area contributed by atoms with Crippen molar-refractivity contribution in [3.63, 3.8) is 0 Å². The van der Waals surface area contributed by atoms with E-state index < -0.39 is 0 Å². The Balaban J connectivity index is 1.86. The molecular formula is C16H27N3. The van der Waals surface area contributed by atoms with Crippen molar-refractivity contribution >= 4 is 11.5 Å². The molecule has 0 aromatic carbocycles. The molecule has 1 heterocycles. The lowest BCUT2D eigenvalue weighted by atomic mass is 9.81. The Morgan fingerprint density at radius 1 is 1.32 bits per heavy atom. The summed E-state index contributed by atoms with van der Waals surface area (Å²) in [4.78, 5) is 6.82. The number of rotatable bonds is 7. The summed E-state index contributed by atoms with van der Waals surface area (Å²) in [5, 5.41) is 3.56. The molecule has 1 saturated carbocycles. The fourth-order valence-electron chi connectivity index (χ4n) is 2.78. The van der Waals surface area contributed by atoms with Gasteiger partial charge in [-0.25, -0.2) is 4.98 Å². The molecule has 1 aromatic rings. The molecule has 1 fully saturated rings. The molecule has 106 valence electrons. The Morgan fingerprint density at radius 3 is 2.53 bits per heavy atom. The normalized spacial score (nSPS) is 16.8. The molecule has 0 spiro atoms. The first kappa shape index (κ1) is 14.2. The predicted molar refractivity (Wildman–Crippen MR) is 82.8 cm³/mol. The summed E-state index contributed by atoms with van der Waals surface area (Å²) in [6.45, 7) is 8.62. The molecule has 1 unspecified atom stereocenters. The van der Waals surface area contributed by atoms with Gasteiger partial charge in [-0.2, -0.15) is 0 Å². The molecule has 1 aliphatic rings. The lowest BCUT2D eigenvalue weighted by molar-refractivity contribution is 0.286. The van der Waals surface area contributed by atoms with Crippen molar-refractivity contribution in [2.24, 2.45) is 5.92 Å². The lowest BCUT2D eigenvalue weighted by Crippen LogP contribution is -2.24. The summed E-state index contributed by atoms with van der Waals surface area (Å²) >= 11 is 0. The maximum Gasteiger partial charge on any atom is 0.128 e. The van der Waals surface area contributed by atoms with E-state index in [1.54, 1.807) is 0 Å². The second-order valence-electron chi connectivity index (χ2n) is 5.66. The summed E-state index contributed by atoms with van der Waals surface area (Å²) in [6, 6.07) is 4.81. The van der Waals surface area contributed by atoms with E-state index in [1.165, 1.54) is 25.7 Å². The van der Waals surface area contributed by atoms with Gasteiger partial charge in [0.15, 0.2) is 0 Å². The molecule has 1 atom stereocenters. The molecule has 0 aliphatic heterocycles. The van der Waals surface area contributed by atoms with Crippen molar-refractivity contribution in [1.29, 1.82) is 0 Å². The third-order valence-corrected chi connectivity index (χ3v) is 4.16. The van der Waals surface area contributed by atoms with Gasteiger partial charge >= 0.3 is 0 Å². The Labute approximate surface area is 117 Å². The third-order valence-electron chi connectivity index (χ3n) is 4.16. The maximum absolute atomic E-state index is 4.55. The van der Waals surface area contributed by atoms with Crippen LogP contribution in [0.5, 0.6) is 0 Å². The fraction of sp³-hybridized carbons (Fsp3) is 0.688. The van der Waals surface area contributed by atoms with Gasteiger partial charge in [0.05, 0.1) is 11.9 Å². The highest BCUT2D eigenvalue weighted by Crippen LogP contribution is 2.31. The Bertz CT molecular complexity index is 366. The van der Waals surface area contributed by atoms with Crippen LogP contribution < -0.4 is 10.2 Å². The number of hydrogen-bond acceptors (Lipinski definition) is 3. The zero-order chi connectivity index (χ0) is 13.7. The van der Waals surface area contributed by atoms with Crippen LogP contribution in [0.3, 0.4) is 0 Å². The van der Waals surface area contributed by atoms with Crippen LogP contribution in [0.25, 0.3) is 0 Å². The smallest absolute Gasteiger partial charge is 0.128 e. The molecule has 1 aromatic heterocycles. The van der Waals surface area contributed by atoms with E-state index in [4.69, 9.17) is 0 Å². The van der Waals surface area contributed by atoms with Gasteiger partial charge in [-0.05, 0) is 45.2 Å². The zero-order valence-electron chi connectivity index (χ0n) is 12.5. The highest BCUT2D eigenvalue weighted by molar-refractivity contribution is 5.48. The van der Waals surface area contributed by atoms with Gasteiger partial charge in [0.1, 0.15) is 5.82 Å². The summed E-state index contributed by atoms with van der Waals surface area (Å²) in [5.41, 5.74) is 1.14. The molecular weight excluding hydrogens is 234 g/mol. The minimum absolute atomic E-state index is 0.548. The van der Waals surface area contributed by atoms with E-state index >= 15 is 0 Å². The minimum Gasteiger partial charge on any atom is -0.381 e. The molecule has 2 rings (SSSR count). The Kier molecular flexibility index (Phi) is 5.06. The van der Waals surface area contributed by atoms with Crippen LogP contribution in [0.4, 0.5) is 11.5 Å². The third kappa shape index (κ3) is 3.85. The number of aromatic nitrogens is 1. The summed E-state index contributed by atoms with van der Waals surface area (Å²) in [6.07, 6.45) is 7.52. The monoisotopic (exact) mass is 261 g/mol. The van der Waals surface area contributed by atoms with Crippen LogP contribution in [0.2, 0.25) is 0 Å². The van der Waals surface area contributed by atoms with Crippen LogP contribution in [-0.4, -0.2) is 24.1 Å². The van der Waals surface area contributed by atoms with Crippen molar-refractivity contribution < 1.29 is 0 Å². The van der Waals surface area contributed by atoms with Crippen molar-refractivity contribution in [2.75, 3.05) is 23.3 Å². The quantitative estimate of drug-likeness (QED) is 0.806. The molecule has 0 bridgehead atoms. The van der Waals surface area contributed by atoms with Gasteiger partial charge in [0, 0.05) is 19.1 Å². The first-order valence-electron chi connectivity index (χ1n) is 7.70. The molecule has 0 saturated heterocycles. The zero-order valence-corrected chi connectivity index (χ0v) is 12.5. The topological polar surface area (TPSA) is 28.2 Å². The molecule has 1 N–H and O–H groups in total. The van der Waals surface area contributed by atoms with Crippen LogP contribution in [-0.2, 0) is 0 Å². The number of anilines is 2. The highest BCUT2D eigenvalue weighted by Gasteiger charge is 2.19. The first-order valence-corrected chi connectivity index (χ1v) is 7.70. The van der Waals surface area contributed by atoms with E-state index in [1.807, 2.05) is 6.20 Å². The van der Waals surface area contributed by atoms with Gasteiger partial charge < -0.3 is 10.2 Å². The SMILES string of the molecule is CCN(CC)c1ccc(NC(C)CC2CCC2)cn1. The van der Waals surface area contributed by atoms with Crippen LogP contribution in [0.1, 0.15) is 46.5 Å². The lowest BCUT2D eigenvalue weighted by Gasteiger charge is -2.29. The summed E-state index contributed by atoms with van der Waals surface area (Å²) in [5.74, 6) is 2.02. The van der Waals surface area contributed by atoms with Gasteiger partial charge in [-0.1, -0.05) is 19.3 Å². The summed E-state index contributed by atoms with van der Waals surface area (Å²) < 4.78 is 0. The van der Waals surface area contributed by atoms with Gasteiger partial charge in [-0.3, -0.25) is 0 Å². The van der Waals surface area contributed by atoms with E-state index in [9.17, 15) is 0 Å². The number of nitrogens with zero attached hydrogens (tertiary/aromatic N) is 2. The summed E-state index contributed by atoms with van der Waals surface area (Å²) in [7, 11) is 0. The standard InChI is InChI=1S/C16H27N3/c1-4-19(5-2)16-10-9-15(12-17-16)18-13(3)11-14-7-6-8-14/h9-10,12-14,18H,4-8,11H2,1-3H3.